The highest BCUT2D eigenvalue weighted by Crippen LogP contribution is 2.43. The van der Waals surface area contributed by atoms with Gasteiger partial charge in [-0.15, -0.1) is 0 Å². The molecule has 0 N–H and O–H groups in total. The first kappa shape index (κ1) is 33.1. The summed E-state index contributed by atoms with van der Waals surface area (Å²) in [6.45, 7) is 1.16. The van der Waals surface area contributed by atoms with Gasteiger partial charge in [0.2, 0.25) is 5.95 Å². The fourth-order valence-corrected chi connectivity index (χ4v) is 7.93. The van der Waals surface area contributed by atoms with Gasteiger partial charge >= 0.3 is 0 Å². The highest BCUT2D eigenvalue weighted by atomic mass is 35.5. The second kappa shape index (κ2) is 13.2. The van der Waals surface area contributed by atoms with Gasteiger partial charge in [-0.05, 0) is 57.1 Å². The number of pyridine rings is 1. The minimum absolute atomic E-state index is 0.0162. The average molecular weight is 669 g/mol. The van der Waals surface area contributed by atoms with Gasteiger partial charge in [-0.2, -0.15) is 4.39 Å². The summed E-state index contributed by atoms with van der Waals surface area (Å²) in [4.78, 5) is 6.39. The van der Waals surface area contributed by atoms with E-state index in [1.165, 1.54) is 38.5 Å². The molecule has 1 atom stereocenters. The second-order valence-corrected chi connectivity index (χ2v) is 13.6. The first-order valence-corrected chi connectivity index (χ1v) is 16.3. The molecule has 1 aromatic heterocycles. The largest absolute Gasteiger partial charge is 0.497 e. The van der Waals surface area contributed by atoms with E-state index in [0.29, 0.717) is 34.7 Å². The van der Waals surface area contributed by atoms with Crippen molar-refractivity contribution in [2.45, 2.75) is 48.8 Å². The summed E-state index contributed by atoms with van der Waals surface area (Å²) in [5.41, 5.74) is -0.215. The maximum atomic E-state index is 16.0. The van der Waals surface area contributed by atoms with E-state index in [0.717, 1.165) is 44.4 Å². The third-order valence-corrected chi connectivity index (χ3v) is 10.8. The highest BCUT2D eigenvalue weighted by Gasteiger charge is 2.47. The maximum Gasteiger partial charge on any atom is 0.271 e. The Kier molecular flexibility index (Phi) is 9.73. The van der Waals surface area contributed by atoms with Crippen LogP contribution in [0.3, 0.4) is 0 Å². The van der Waals surface area contributed by atoms with Crippen LogP contribution in [0.15, 0.2) is 47.4 Å². The zero-order chi connectivity index (χ0) is 32.5. The van der Waals surface area contributed by atoms with Crippen LogP contribution in [0.25, 0.3) is 0 Å². The molecule has 2 aliphatic rings. The number of nitrogens with zero attached hydrogens (tertiary/aromatic N) is 4. The SMILES string of the molecule is COc1ccc(CN(c2cccc(F)n2)S(=O)(=O)c2c(F)cc(N3CC(C[C@H]4CCCCN4C)(OC)C3)c(Cl)c2F)c(OC)c1. The molecule has 5 rings (SSSR count). The molecule has 3 aromatic rings. The number of aromatic nitrogens is 1. The Morgan fingerprint density at radius 2 is 1.82 bits per heavy atom. The Balaban J connectivity index is 1.48. The molecule has 0 aliphatic carbocycles. The lowest BCUT2D eigenvalue weighted by Gasteiger charge is -2.53. The second-order valence-electron chi connectivity index (χ2n) is 11.4. The molecule has 45 heavy (non-hydrogen) atoms. The number of likely N-dealkylation sites (tertiary alicyclic amines) is 1. The summed E-state index contributed by atoms with van der Waals surface area (Å²) in [6, 6.07) is 9.33. The zero-order valence-corrected chi connectivity index (χ0v) is 27.1. The predicted octanol–water partition coefficient (Wildman–Crippen LogP) is 5.64. The van der Waals surface area contributed by atoms with Crippen LogP contribution in [0.4, 0.5) is 24.7 Å². The number of ether oxygens (including phenoxy) is 3. The summed E-state index contributed by atoms with van der Waals surface area (Å²) < 4.78 is 91.2. The number of anilines is 2. The molecule has 2 saturated heterocycles. The van der Waals surface area contributed by atoms with Crippen molar-refractivity contribution in [1.82, 2.24) is 9.88 Å². The van der Waals surface area contributed by atoms with Gasteiger partial charge in [0, 0.05) is 43.9 Å². The van der Waals surface area contributed by atoms with Crippen molar-refractivity contribution in [2.75, 3.05) is 57.2 Å². The van der Waals surface area contributed by atoms with Gasteiger partial charge in [0.15, 0.2) is 10.7 Å². The predicted molar refractivity (Wildman–Crippen MR) is 165 cm³/mol. The highest BCUT2D eigenvalue weighted by molar-refractivity contribution is 7.92. The van der Waals surface area contributed by atoms with E-state index in [1.807, 2.05) is 0 Å². The minimum atomic E-state index is -5.04. The van der Waals surface area contributed by atoms with Crippen LogP contribution < -0.4 is 18.7 Å². The Morgan fingerprint density at radius 3 is 2.47 bits per heavy atom. The summed E-state index contributed by atoms with van der Waals surface area (Å²) >= 11 is 6.43. The monoisotopic (exact) mass is 668 g/mol. The number of benzene rings is 2. The van der Waals surface area contributed by atoms with E-state index in [1.54, 1.807) is 18.1 Å². The maximum absolute atomic E-state index is 16.0. The smallest absolute Gasteiger partial charge is 0.271 e. The number of sulfonamides is 1. The summed E-state index contributed by atoms with van der Waals surface area (Å²) in [5, 5.41) is -0.552. The topological polar surface area (TPSA) is 84.4 Å². The average Bonchev–Trinajstić information content (AvgIpc) is 3.00. The minimum Gasteiger partial charge on any atom is -0.497 e. The van der Waals surface area contributed by atoms with Crippen molar-refractivity contribution in [3.05, 3.63) is 70.6 Å². The third-order valence-electron chi connectivity index (χ3n) is 8.67. The van der Waals surface area contributed by atoms with Gasteiger partial charge in [-0.25, -0.2) is 26.5 Å². The fourth-order valence-electron chi connectivity index (χ4n) is 6.10. The Hall–Kier alpha value is -3.26. The van der Waals surface area contributed by atoms with Gasteiger partial charge in [0.1, 0.15) is 33.8 Å². The Morgan fingerprint density at radius 1 is 1.07 bits per heavy atom. The molecular formula is C31H36ClF3N4O5S. The van der Waals surface area contributed by atoms with E-state index >= 15 is 8.78 Å². The molecule has 0 bridgehead atoms. The van der Waals surface area contributed by atoms with Crippen molar-refractivity contribution in [3.63, 3.8) is 0 Å². The van der Waals surface area contributed by atoms with Crippen LogP contribution in [0.5, 0.6) is 11.5 Å². The number of hydrogen-bond acceptors (Lipinski definition) is 8. The molecule has 9 nitrogen and oxygen atoms in total. The van der Waals surface area contributed by atoms with Gasteiger partial charge < -0.3 is 24.0 Å². The van der Waals surface area contributed by atoms with E-state index in [-0.39, 0.29) is 11.4 Å². The normalized spacial score (nSPS) is 18.4. The first-order chi connectivity index (χ1) is 21.4. The van der Waals surface area contributed by atoms with Crippen molar-refractivity contribution in [3.8, 4) is 11.5 Å². The van der Waals surface area contributed by atoms with Gasteiger partial charge in [0.25, 0.3) is 10.0 Å². The van der Waals surface area contributed by atoms with E-state index in [9.17, 15) is 12.8 Å². The van der Waals surface area contributed by atoms with Crippen LogP contribution in [0.1, 0.15) is 31.2 Å². The van der Waals surface area contributed by atoms with E-state index < -0.39 is 55.5 Å². The van der Waals surface area contributed by atoms with Crippen LogP contribution in [-0.2, 0) is 21.3 Å². The lowest BCUT2D eigenvalue weighted by Crippen LogP contribution is -2.65. The summed E-state index contributed by atoms with van der Waals surface area (Å²) in [6.07, 6.45) is 4.06. The quantitative estimate of drug-likeness (QED) is 0.192. The molecule has 3 heterocycles. The molecule has 2 aromatic carbocycles. The van der Waals surface area contributed by atoms with Crippen molar-refractivity contribution < 1.29 is 35.8 Å². The molecule has 14 heteroatoms. The van der Waals surface area contributed by atoms with E-state index in [4.69, 9.17) is 25.8 Å². The molecule has 244 valence electrons. The van der Waals surface area contributed by atoms with Crippen molar-refractivity contribution in [1.29, 1.82) is 0 Å². The lowest BCUT2D eigenvalue weighted by molar-refractivity contribution is -0.0592. The zero-order valence-electron chi connectivity index (χ0n) is 25.5. The number of piperidine rings is 1. The summed E-state index contributed by atoms with van der Waals surface area (Å²) in [5.74, 6) is -3.52. The summed E-state index contributed by atoms with van der Waals surface area (Å²) in [7, 11) is 1.48. The Labute approximate surface area is 266 Å². The molecule has 0 unspecified atom stereocenters. The number of hydrogen-bond donors (Lipinski definition) is 0. The molecular weight excluding hydrogens is 633 g/mol. The molecule has 0 radical (unpaired) electrons. The lowest BCUT2D eigenvalue weighted by atomic mass is 9.83. The Bertz CT molecular complexity index is 1660. The molecule has 2 fully saturated rings. The van der Waals surface area contributed by atoms with Crippen LogP contribution >= 0.6 is 11.6 Å². The molecule has 0 spiro atoms. The number of methoxy groups -OCH3 is 3. The van der Waals surface area contributed by atoms with Crippen LogP contribution in [0.2, 0.25) is 5.02 Å². The van der Waals surface area contributed by atoms with Crippen molar-refractivity contribution >= 4 is 33.1 Å². The first-order valence-electron chi connectivity index (χ1n) is 14.5. The fraction of sp³-hybridized carbons (Fsp3) is 0.452. The molecule has 2 aliphatic heterocycles. The van der Waals surface area contributed by atoms with Crippen LogP contribution in [0, 0.1) is 17.6 Å². The third kappa shape index (κ3) is 6.53. The van der Waals surface area contributed by atoms with Gasteiger partial charge in [0.05, 0.1) is 26.5 Å². The molecule has 0 saturated carbocycles. The van der Waals surface area contributed by atoms with Gasteiger partial charge in [-0.3, -0.25) is 0 Å². The van der Waals surface area contributed by atoms with Gasteiger partial charge in [-0.1, -0.05) is 24.1 Å². The standard InChI is InChI=1S/C31H36ClF3N4O5S/c1-37-13-6-5-8-21(37)16-31(44-4)18-38(19-31)24-15-23(33)30(29(35)28(24)32)45(40,41)39(27-10-7-9-26(34)36-27)17-20-11-12-22(42-2)14-25(20)43-3/h7,9-12,14-15,21H,5-6,8,13,16-19H2,1-4H3/t21-/m1/s1. The number of rotatable bonds is 11. The van der Waals surface area contributed by atoms with E-state index in [2.05, 4.69) is 16.9 Å². The molecule has 0 amide bonds. The van der Waals surface area contributed by atoms with Crippen LogP contribution in [-0.4, -0.2) is 78.0 Å². The van der Waals surface area contributed by atoms with Crippen molar-refractivity contribution in [2.24, 2.45) is 0 Å². The number of halogens is 4.